The van der Waals surface area contributed by atoms with E-state index in [-0.39, 0.29) is 24.2 Å². The molecule has 3 rings (SSSR count). The number of amides is 2. The number of hydrogen-bond acceptors (Lipinski definition) is 4. The number of rotatable bonds is 5. The van der Waals surface area contributed by atoms with E-state index in [2.05, 4.69) is 10.3 Å². The van der Waals surface area contributed by atoms with Crippen molar-refractivity contribution in [3.05, 3.63) is 45.9 Å². The van der Waals surface area contributed by atoms with Crippen molar-refractivity contribution >= 4 is 28.8 Å². The Morgan fingerprint density at radius 2 is 2.08 bits per heavy atom. The van der Waals surface area contributed by atoms with Crippen molar-refractivity contribution in [1.29, 1.82) is 0 Å². The van der Waals surface area contributed by atoms with Crippen LogP contribution >= 0.6 is 11.3 Å². The van der Waals surface area contributed by atoms with E-state index >= 15 is 0 Å². The topological polar surface area (TPSA) is 62.3 Å². The monoisotopic (exact) mass is 343 g/mol. The molecule has 2 heterocycles. The summed E-state index contributed by atoms with van der Waals surface area (Å²) in [6.45, 7) is 4.98. The normalized spacial score (nSPS) is 17.3. The van der Waals surface area contributed by atoms with Crippen LogP contribution < -0.4 is 10.2 Å². The van der Waals surface area contributed by atoms with Gasteiger partial charge in [-0.05, 0) is 26.0 Å². The van der Waals surface area contributed by atoms with Gasteiger partial charge in [-0.25, -0.2) is 4.98 Å². The maximum absolute atomic E-state index is 12.3. The first-order valence-corrected chi connectivity index (χ1v) is 8.96. The van der Waals surface area contributed by atoms with E-state index in [1.54, 1.807) is 16.2 Å². The van der Waals surface area contributed by atoms with Gasteiger partial charge in [0.2, 0.25) is 11.8 Å². The van der Waals surface area contributed by atoms with Crippen LogP contribution in [0.3, 0.4) is 0 Å². The molecule has 1 aromatic carbocycles. The second-order valence-electron chi connectivity index (χ2n) is 6.14. The molecule has 1 saturated heterocycles. The predicted octanol–water partition coefficient (Wildman–Crippen LogP) is 2.47. The third-order valence-corrected chi connectivity index (χ3v) is 5.01. The first kappa shape index (κ1) is 16.6. The van der Waals surface area contributed by atoms with Crippen LogP contribution in [0, 0.1) is 19.8 Å². The minimum absolute atomic E-state index is 0.00845. The van der Waals surface area contributed by atoms with E-state index in [1.807, 2.05) is 43.5 Å². The van der Waals surface area contributed by atoms with Crippen molar-refractivity contribution < 1.29 is 9.59 Å². The Hall–Kier alpha value is -2.21. The zero-order valence-electron chi connectivity index (χ0n) is 13.9. The van der Waals surface area contributed by atoms with Crippen molar-refractivity contribution in [1.82, 2.24) is 10.3 Å². The van der Waals surface area contributed by atoms with Crippen LogP contribution in [0.2, 0.25) is 0 Å². The number of carbonyl (C=O) groups is 2. The van der Waals surface area contributed by atoms with E-state index in [0.29, 0.717) is 13.1 Å². The quantitative estimate of drug-likeness (QED) is 0.907. The van der Waals surface area contributed by atoms with Gasteiger partial charge in [0.05, 0.1) is 16.6 Å². The fourth-order valence-electron chi connectivity index (χ4n) is 2.84. The molecule has 5 nitrogen and oxygen atoms in total. The van der Waals surface area contributed by atoms with Gasteiger partial charge < -0.3 is 10.2 Å². The Kier molecular flexibility index (Phi) is 4.94. The van der Waals surface area contributed by atoms with Crippen LogP contribution in [0.4, 0.5) is 5.69 Å². The highest BCUT2D eigenvalue weighted by atomic mass is 32.1. The van der Waals surface area contributed by atoms with Crippen LogP contribution in [0.25, 0.3) is 0 Å². The molecule has 2 aromatic rings. The molecule has 1 aromatic heterocycles. The van der Waals surface area contributed by atoms with E-state index in [1.165, 1.54) is 0 Å². The standard InChI is InChI=1S/C18H21N3O2S/c1-12-3-5-16(6-4-12)21-10-14(9-17(21)22)18(23)19-8-7-15-11-24-13(2)20-15/h3-6,11,14H,7-10H2,1-2H3,(H,19,23)/t14-/m0/s1. The third-order valence-electron chi connectivity index (χ3n) is 4.19. The summed E-state index contributed by atoms with van der Waals surface area (Å²) in [5.41, 5.74) is 3.01. The number of hydrogen-bond donors (Lipinski definition) is 1. The number of aromatic nitrogens is 1. The van der Waals surface area contributed by atoms with Gasteiger partial charge in [0.15, 0.2) is 0 Å². The lowest BCUT2D eigenvalue weighted by atomic mass is 10.1. The first-order valence-electron chi connectivity index (χ1n) is 8.08. The minimum Gasteiger partial charge on any atom is -0.355 e. The van der Waals surface area contributed by atoms with E-state index in [9.17, 15) is 9.59 Å². The van der Waals surface area contributed by atoms with Crippen LogP contribution in [0.1, 0.15) is 22.7 Å². The summed E-state index contributed by atoms with van der Waals surface area (Å²) >= 11 is 1.61. The molecule has 0 aliphatic carbocycles. The van der Waals surface area contributed by atoms with Gasteiger partial charge in [-0.1, -0.05) is 17.7 Å². The molecule has 0 radical (unpaired) electrons. The number of benzene rings is 1. The molecular formula is C18H21N3O2S. The summed E-state index contributed by atoms with van der Waals surface area (Å²) in [6.07, 6.45) is 0.994. The Morgan fingerprint density at radius 1 is 1.33 bits per heavy atom. The van der Waals surface area contributed by atoms with E-state index in [0.717, 1.165) is 28.4 Å². The molecule has 0 saturated carbocycles. The zero-order chi connectivity index (χ0) is 17.1. The molecule has 126 valence electrons. The van der Waals surface area contributed by atoms with Gasteiger partial charge in [-0.2, -0.15) is 0 Å². The van der Waals surface area contributed by atoms with Crippen LogP contribution in [0.5, 0.6) is 0 Å². The second kappa shape index (κ2) is 7.13. The molecule has 0 unspecified atom stereocenters. The van der Waals surface area contributed by atoms with Crippen molar-refractivity contribution in [2.24, 2.45) is 5.92 Å². The summed E-state index contributed by atoms with van der Waals surface area (Å²) in [5.74, 6) is -0.324. The molecular weight excluding hydrogens is 322 g/mol. The Bertz CT molecular complexity index is 739. The van der Waals surface area contributed by atoms with Crippen molar-refractivity contribution in [3.63, 3.8) is 0 Å². The summed E-state index contributed by atoms with van der Waals surface area (Å²) in [5, 5.41) is 5.98. The number of nitrogens with one attached hydrogen (secondary N) is 1. The van der Waals surface area contributed by atoms with Crippen LogP contribution in [0.15, 0.2) is 29.6 Å². The van der Waals surface area contributed by atoms with Crippen molar-refractivity contribution in [2.75, 3.05) is 18.0 Å². The number of aryl methyl sites for hydroxylation is 2. The van der Waals surface area contributed by atoms with Crippen LogP contribution in [-0.4, -0.2) is 29.9 Å². The fourth-order valence-corrected chi connectivity index (χ4v) is 3.49. The average molecular weight is 343 g/mol. The van der Waals surface area contributed by atoms with E-state index < -0.39 is 0 Å². The molecule has 2 amide bonds. The van der Waals surface area contributed by atoms with Crippen molar-refractivity contribution in [3.8, 4) is 0 Å². The summed E-state index contributed by atoms with van der Waals surface area (Å²) < 4.78 is 0. The Morgan fingerprint density at radius 3 is 2.75 bits per heavy atom. The maximum atomic E-state index is 12.3. The zero-order valence-corrected chi connectivity index (χ0v) is 14.7. The number of nitrogens with zero attached hydrogens (tertiary/aromatic N) is 2. The largest absolute Gasteiger partial charge is 0.355 e. The highest BCUT2D eigenvalue weighted by Crippen LogP contribution is 2.25. The molecule has 1 atom stereocenters. The Balaban J connectivity index is 1.53. The number of carbonyl (C=O) groups excluding carboxylic acids is 2. The lowest BCUT2D eigenvalue weighted by Crippen LogP contribution is -2.34. The van der Waals surface area contributed by atoms with E-state index in [4.69, 9.17) is 0 Å². The summed E-state index contributed by atoms with van der Waals surface area (Å²) in [7, 11) is 0. The molecule has 0 bridgehead atoms. The second-order valence-corrected chi connectivity index (χ2v) is 7.20. The van der Waals surface area contributed by atoms with Gasteiger partial charge in [0, 0.05) is 37.0 Å². The van der Waals surface area contributed by atoms with Crippen LogP contribution in [-0.2, 0) is 16.0 Å². The smallest absolute Gasteiger partial charge is 0.227 e. The first-order chi connectivity index (χ1) is 11.5. The third kappa shape index (κ3) is 3.82. The van der Waals surface area contributed by atoms with Crippen molar-refractivity contribution in [2.45, 2.75) is 26.7 Å². The molecule has 6 heteroatoms. The lowest BCUT2D eigenvalue weighted by Gasteiger charge is -2.17. The SMILES string of the molecule is Cc1ccc(N2C[C@@H](C(=O)NCCc3csc(C)n3)CC2=O)cc1. The number of anilines is 1. The fraction of sp³-hybridized carbons (Fsp3) is 0.389. The molecule has 24 heavy (non-hydrogen) atoms. The molecule has 0 spiro atoms. The van der Waals surface area contributed by atoms with Gasteiger partial charge in [0.1, 0.15) is 0 Å². The minimum atomic E-state index is -0.282. The molecule has 1 fully saturated rings. The average Bonchev–Trinajstić information content (AvgIpc) is 3.14. The maximum Gasteiger partial charge on any atom is 0.227 e. The molecule has 1 N–H and O–H groups in total. The molecule has 1 aliphatic heterocycles. The predicted molar refractivity (Wildman–Crippen MR) is 95.2 cm³/mol. The summed E-state index contributed by atoms with van der Waals surface area (Å²) in [6, 6.07) is 7.81. The summed E-state index contributed by atoms with van der Waals surface area (Å²) in [4.78, 5) is 30.6. The van der Waals surface area contributed by atoms with Gasteiger partial charge >= 0.3 is 0 Å². The number of thiazole rings is 1. The van der Waals surface area contributed by atoms with Gasteiger partial charge in [-0.15, -0.1) is 11.3 Å². The highest BCUT2D eigenvalue weighted by molar-refractivity contribution is 7.09. The lowest BCUT2D eigenvalue weighted by molar-refractivity contribution is -0.126. The van der Waals surface area contributed by atoms with Gasteiger partial charge in [0.25, 0.3) is 0 Å². The molecule has 1 aliphatic rings. The Labute approximate surface area is 145 Å². The van der Waals surface area contributed by atoms with Gasteiger partial charge in [-0.3, -0.25) is 9.59 Å². The highest BCUT2D eigenvalue weighted by Gasteiger charge is 2.34.